The third kappa shape index (κ3) is 4.29. The van der Waals surface area contributed by atoms with Gasteiger partial charge < -0.3 is 20.5 Å². The quantitative estimate of drug-likeness (QED) is 0.698. The summed E-state index contributed by atoms with van der Waals surface area (Å²) in [6.07, 6.45) is 3.55. The van der Waals surface area contributed by atoms with E-state index >= 15 is 0 Å². The number of allylic oxidation sites excluding steroid dienone is 1. The molecule has 2 aliphatic rings. The van der Waals surface area contributed by atoms with Crippen molar-refractivity contribution in [3.05, 3.63) is 65.2 Å². The van der Waals surface area contributed by atoms with Gasteiger partial charge in [0, 0.05) is 23.0 Å². The average Bonchev–Trinajstić information content (AvgIpc) is 3.60. The summed E-state index contributed by atoms with van der Waals surface area (Å²) in [7, 11) is 0. The van der Waals surface area contributed by atoms with Crippen LogP contribution < -0.4 is 15.8 Å². The fraction of sp³-hybridized carbons (Fsp3) is 0.391. The van der Waals surface area contributed by atoms with E-state index in [9.17, 15) is 18.0 Å². The van der Waals surface area contributed by atoms with Gasteiger partial charge in [-0.05, 0) is 56.0 Å². The van der Waals surface area contributed by atoms with Gasteiger partial charge in [-0.1, -0.05) is 6.07 Å². The minimum Gasteiger partial charge on any atom is -0.477 e. The lowest BCUT2D eigenvalue weighted by Gasteiger charge is -2.37. The molecule has 1 saturated carbocycles. The summed E-state index contributed by atoms with van der Waals surface area (Å²) in [5.41, 5.74) is 3.45. The molecule has 2 aromatic rings. The molecule has 1 aliphatic heterocycles. The zero-order valence-corrected chi connectivity index (χ0v) is 17.5. The van der Waals surface area contributed by atoms with Crippen molar-refractivity contribution in [2.24, 2.45) is 11.7 Å². The van der Waals surface area contributed by atoms with Crippen molar-refractivity contribution in [1.29, 1.82) is 0 Å². The van der Waals surface area contributed by atoms with Crippen LogP contribution in [0.15, 0.2) is 48.2 Å². The molecule has 6 nitrogen and oxygen atoms in total. The minimum absolute atomic E-state index is 0.0861. The highest BCUT2D eigenvalue weighted by molar-refractivity contribution is 6.03. The van der Waals surface area contributed by atoms with Gasteiger partial charge in [0.25, 0.3) is 11.8 Å². The van der Waals surface area contributed by atoms with Crippen molar-refractivity contribution in [3.8, 4) is 5.88 Å². The number of rotatable bonds is 6. The molecule has 0 saturated heterocycles. The normalized spacial score (nSPS) is 22.6. The maximum Gasteiger partial charge on any atom is 0.285 e. The van der Waals surface area contributed by atoms with Crippen LogP contribution in [0, 0.1) is 11.7 Å². The smallest absolute Gasteiger partial charge is 0.285 e. The van der Waals surface area contributed by atoms with E-state index in [-0.39, 0.29) is 29.2 Å². The Hall–Kier alpha value is -3.07. The van der Waals surface area contributed by atoms with Gasteiger partial charge in [-0.2, -0.15) is 0 Å². The predicted molar refractivity (Wildman–Crippen MR) is 112 cm³/mol. The molecule has 1 fully saturated rings. The van der Waals surface area contributed by atoms with E-state index in [0.29, 0.717) is 18.4 Å². The number of ether oxygens (including phenoxy) is 2. The molecular weight excluding hydrogens is 423 g/mol. The monoisotopic (exact) mass is 447 g/mol. The fourth-order valence-corrected chi connectivity index (χ4v) is 3.54. The molecule has 1 atom stereocenters. The molecule has 9 heteroatoms. The number of carbonyl (C=O) groups is 1. The number of carbonyl (C=O) groups excluding carboxylic acids is 1. The van der Waals surface area contributed by atoms with Crippen LogP contribution in [0.3, 0.4) is 0 Å². The summed E-state index contributed by atoms with van der Waals surface area (Å²) >= 11 is 0. The predicted octanol–water partition coefficient (Wildman–Crippen LogP) is 4.03. The van der Waals surface area contributed by atoms with E-state index in [1.54, 1.807) is 12.1 Å². The Morgan fingerprint density at radius 1 is 1.31 bits per heavy atom. The number of nitrogens with one attached hydrogen (secondary N) is 1. The number of anilines is 1. The molecule has 1 aromatic carbocycles. The van der Waals surface area contributed by atoms with Crippen LogP contribution in [0.25, 0.3) is 0 Å². The van der Waals surface area contributed by atoms with Gasteiger partial charge in [0.15, 0.2) is 0 Å². The first-order valence-corrected chi connectivity index (χ1v) is 10.3. The van der Waals surface area contributed by atoms with Gasteiger partial charge in [-0.3, -0.25) is 4.79 Å². The second-order valence-corrected chi connectivity index (χ2v) is 8.27. The fourth-order valence-electron chi connectivity index (χ4n) is 3.54. The van der Waals surface area contributed by atoms with E-state index in [1.165, 1.54) is 31.2 Å². The molecular formula is C23H24F3N3O3. The molecule has 4 rings (SSSR count). The number of alkyl halides is 2. The lowest BCUT2D eigenvalue weighted by atomic mass is 9.73. The first-order chi connectivity index (χ1) is 15.2. The van der Waals surface area contributed by atoms with Crippen LogP contribution in [-0.4, -0.2) is 36.6 Å². The lowest BCUT2D eigenvalue weighted by Crippen LogP contribution is -2.49. The number of pyridine rings is 1. The van der Waals surface area contributed by atoms with E-state index < -0.39 is 29.7 Å². The summed E-state index contributed by atoms with van der Waals surface area (Å²) in [5.74, 6) is -4.06. The van der Waals surface area contributed by atoms with Crippen LogP contribution in [0.1, 0.15) is 35.8 Å². The minimum atomic E-state index is -3.47. The Morgan fingerprint density at radius 2 is 2.09 bits per heavy atom. The molecule has 0 radical (unpaired) electrons. The van der Waals surface area contributed by atoms with Crippen molar-refractivity contribution in [1.82, 2.24) is 4.98 Å². The zero-order valence-electron chi connectivity index (χ0n) is 17.5. The van der Waals surface area contributed by atoms with E-state index in [0.717, 1.165) is 18.9 Å². The van der Waals surface area contributed by atoms with Crippen LogP contribution in [0.2, 0.25) is 0 Å². The number of hydrogen-bond donors (Lipinski definition) is 2. The summed E-state index contributed by atoms with van der Waals surface area (Å²) in [4.78, 5) is 16.9. The second-order valence-electron chi connectivity index (χ2n) is 8.27. The number of nitrogens with two attached hydrogens (primary N) is 1. The number of nitrogens with zero attached hydrogens (tertiary/aromatic N) is 1. The zero-order chi connectivity index (χ0) is 22.9. The van der Waals surface area contributed by atoms with Gasteiger partial charge in [-0.25, -0.2) is 18.2 Å². The highest BCUT2D eigenvalue weighted by Crippen LogP contribution is 2.46. The second kappa shape index (κ2) is 8.46. The average molecular weight is 447 g/mol. The number of amides is 1. The van der Waals surface area contributed by atoms with Gasteiger partial charge in [0.05, 0.1) is 13.2 Å². The van der Waals surface area contributed by atoms with E-state index in [4.69, 9.17) is 15.2 Å². The Kier molecular flexibility index (Phi) is 5.85. The maximum atomic E-state index is 14.9. The number of benzene rings is 1. The lowest BCUT2D eigenvalue weighted by molar-refractivity contribution is -0.108. The molecule has 1 aliphatic carbocycles. The molecule has 0 unspecified atom stereocenters. The van der Waals surface area contributed by atoms with Crippen molar-refractivity contribution in [3.63, 3.8) is 0 Å². The SMILES string of the molecule is C[C@]1(c2cc(NC(=O)c3cccc(OCC4CC4)n3)ccc2F)C(N)=CCOCC1(F)F. The molecule has 1 amide bonds. The van der Waals surface area contributed by atoms with E-state index in [2.05, 4.69) is 10.3 Å². The molecule has 3 N–H and O–H groups in total. The third-order valence-electron chi connectivity index (χ3n) is 5.90. The van der Waals surface area contributed by atoms with Crippen molar-refractivity contribution >= 4 is 11.6 Å². The van der Waals surface area contributed by atoms with Crippen molar-refractivity contribution < 1.29 is 27.4 Å². The molecule has 0 bridgehead atoms. The Bertz CT molecular complexity index is 1060. The molecule has 0 spiro atoms. The topological polar surface area (TPSA) is 86.5 Å². The highest BCUT2D eigenvalue weighted by Gasteiger charge is 2.55. The maximum absolute atomic E-state index is 14.9. The van der Waals surface area contributed by atoms with Crippen molar-refractivity contribution in [2.75, 3.05) is 25.1 Å². The summed E-state index contributed by atoms with van der Waals surface area (Å²) in [6.45, 7) is 0.707. The standard InChI is InChI=1S/C23H24F3N3O3/c1-22(19(27)9-10-31-13-23(22,25)26)16-11-15(7-8-17(16)24)28-21(30)18-3-2-4-20(29-18)32-12-14-5-6-14/h2-4,7-9,11,14H,5-6,10,12-13,27H2,1H3,(H,28,30)/t22-/m0/s1. The van der Waals surface area contributed by atoms with Crippen LogP contribution in [-0.2, 0) is 10.2 Å². The van der Waals surface area contributed by atoms with E-state index in [1.807, 2.05) is 0 Å². The van der Waals surface area contributed by atoms with Crippen LogP contribution >= 0.6 is 0 Å². The first kappa shape index (κ1) is 22.1. The number of halogens is 3. The molecule has 170 valence electrons. The Morgan fingerprint density at radius 3 is 2.84 bits per heavy atom. The van der Waals surface area contributed by atoms with Gasteiger partial charge >= 0.3 is 0 Å². The summed E-state index contributed by atoms with van der Waals surface area (Å²) in [5, 5.41) is 2.58. The largest absolute Gasteiger partial charge is 0.477 e. The Labute approximate surface area is 183 Å². The summed E-state index contributed by atoms with van der Waals surface area (Å²) in [6, 6.07) is 8.27. The van der Waals surface area contributed by atoms with Crippen LogP contribution in [0.4, 0.5) is 18.9 Å². The molecule has 1 aromatic heterocycles. The van der Waals surface area contributed by atoms with Gasteiger partial charge in [-0.15, -0.1) is 0 Å². The third-order valence-corrected chi connectivity index (χ3v) is 5.90. The van der Waals surface area contributed by atoms with Gasteiger partial charge in [0.2, 0.25) is 5.88 Å². The number of hydrogen-bond acceptors (Lipinski definition) is 5. The number of aromatic nitrogens is 1. The summed E-state index contributed by atoms with van der Waals surface area (Å²) < 4.78 is 55.1. The molecule has 2 heterocycles. The van der Waals surface area contributed by atoms with Crippen LogP contribution in [0.5, 0.6) is 5.88 Å². The highest BCUT2D eigenvalue weighted by atomic mass is 19.3. The van der Waals surface area contributed by atoms with Crippen molar-refractivity contribution in [2.45, 2.75) is 31.1 Å². The molecule has 32 heavy (non-hydrogen) atoms. The first-order valence-electron chi connectivity index (χ1n) is 10.3. The Balaban J connectivity index is 1.59. The van der Waals surface area contributed by atoms with Gasteiger partial charge in [0.1, 0.15) is 23.5 Å².